The number of aliphatic imine (C=N–C) groups is 1. The first-order valence-electron chi connectivity index (χ1n) is 11.1. The van der Waals surface area contributed by atoms with Gasteiger partial charge in [0, 0.05) is 46.3 Å². The summed E-state index contributed by atoms with van der Waals surface area (Å²) < 4.78 is 5.75. The number of nitrogens with one attached hydrogen (secondary N) is 2. The van der Waals surface area contributed by atoms with E-state index in [4.69, 9.17) is 9.73 Å². The van der Waals surface area contributed by atoms with E-state index in [1.54, 1.807) is 7.05 Å². The van der Waals surface area contributed by atoms with Crippen molar-refractivity contribution in [3.05, 3.63) is 35.9 Å². The Morgan fingerprint density at radius 1 is 1.17 bits per heavy atom. The van der Waals surface area contributed by atoms with E-state index < -0.39 is 0 Å². The van der Waals surface area contributed by atoms with Gasteiger partial charge in [-0.1, -0.05) is 30.3 Å². The summed E-state index contributed by atoms with van der Waals surface area (Å²) in [5, 5.41) is 6.14. The lowest BCUT2D eigenvalue weighted by Gasteiger charge is -2.34. The van der Waals surface area contributed by atoms with Gasteiger partial charge in [0.25, 0.3) is 0 Å². The average molecular weight is 403 g/mol. The molecule has 0 bridgehead atoms. The van der Waals surface area contributed by atoms with E-state index in [-0.39, 0.29) is 5.91 Å². The standard InChI is InChI=1S/C23H38N4O2/c1-3-25-23(27-15-11-21(12-16-27)19-22(28)24-2)26-14-7-8-17-29-18-13-20-9-5-4-6-10-20/h4-6,9-10,21H,3,7-8,11-19H2,1-2H3,(H,24,28)(H,25,26). The van der Waals surface area contributed by atoms with Crippen molar-refractivity contribution in [1.29, 1.82) is 0 Å². The zero-order valence-electron chi connectivity index (χ0n) is 18.2. The van der Waals surface area contributed by atoms with Crippen LogP contribution in [0.2, 0.25) is 0 Å². The largest absolute Gasteiger partial charge is 0.381 e. The molecular formula is C23H38N4O2. The quantitative estimate of drug-likeness (QED) is 0.339. The third-order valence-corrected chi connectivity index (χ3v) is 5.34. The van der Waals surface area contributed by atoms with Crippen LogP contribution in [0, 0.1) is 5.92 Å². The van der Waals surface area contributed by atoms with Crippen molar-refractivity contribution in [3.8, 4) is 0 Å². The fraction of sp³-hybridized carbons (Fsp3) is 0.652. The van der Waals surface area contributed by atoms with Crippen LogP contribution in [-0.4, -0.2) is 63.2 Å². The van der Waals surface area contributed by atoms with Gasteiger partial charge in [-0.25, -0.2) is 0 Å². The molecule has 0 saturated carbocycles. The number of rotatable bonds is 11. The maximum Gasteiger partial charge on any atom is 0.220 e. The summed E-state index contributed by atoms with van der Waals surface area (Å²) in [7, 11) is 1.71. The third-order valence-electron chi connectivity index (χ3n) is 5.34. The van der Waals surface area contributed by atoms with Crippen molar-refractivity contribution in [2.24, 2.45) is 10.9 Å². The highest BCUT2D eigenvalue weighted by atomic mass is 16.5. The molecule has 6 nitrogen and oxygen atoms in total. The fourth-order valence-corrected chi connectivity index (χ4v) is 3.58. The van der Waals surface area contributed by atoms with Gasteiger partial charge in [0.15, 0.2) is 5.96 Å². The number of carbonyl (C=O) groups excluding carboxylic acids is 1. The van der Waals surface area contributed by atoms with Crippen molar-refractivity contribution in [2.45, 2.75) is 45.4 Å². The molecule has 1 aromatic rings. The molecule has 0 atom stereocenters. The Bertz CT molecular complexity index is 598. The molecule has 2 rings (SSSR count). The Hall–Kier alpha value is -2.08. The summed E-state index contributed by atoms with van der Waals surface area (Å²) >= 11 is 0. The summed E-state index contributed by atoms with van der Waals surface area (Å²) in [5.74, 6) is 1.65. The summed E-state index contributed by atoms with van der Waals surface area (Å²) in [6.07, 6.45) is 5.78. The van der Waals surface area contributed by atoms with E-state index in [2.05, 4.69) is 46.7 Å². The predicted molar refractivity (Wildman–Crippen MR) is 119 cm³/mol. The van der Waals surface area contributed by atoms with Gasteiger partial charge >= 0.3 is 0 Å². The number of piperidine rings is 1. The van der Waals surface area contributed by atoms with Crippen molar-refractivity contribution < 1.29 is 9.53 Å². The Morgan fingerprint density at radius 2 is 1.93 bits per heavy atom. The van der Waals surface area contributed by atoms with Gasteiger partial charge in [-0.15, -0.1) is 0 Å². The van der Waals surface area contributed by atoms with E-state index in [0.717, 1.165) is 77.5 Å². The number of carbonyl (C=O) groups is 1. The van der Waals surface area contributed by atoms with Crippen molar-refractivity contribution in [1.82, 2.24) is 15.5 Å². The minimum atomic E-state index is 0.148. The number of hydrogen-bond donors (Lipinski definition) is 2. The number of hydrogen-bond acceptors (Lipinski definition) is 3. The molecule has 0 unspecified atom stereocenters. The van der Waals surface area contributed by atoms with E-state index in [9.17, 15) is 4.79 Å². The second-order valence-electron chi connectivity index (χ2n) is 7.60. The van der Waals surface area contributed by atoms with Gasteiger partial charge in [-0.2, -0.15) is 0 Å². The Labute approximate surface area is 176 Å². The van der Waals surface area contributed by atoms with Gasteiger partial charge < -0.3 is 20.3 Å². The zero-order chi connectivity index (χ0) is 20.7. The summed E-state index contributed by atoms with van der Waals surface area (Å²) in [6.45, 7) is 7.31. The lowest BCUT2D eigenvalue weighted by atomic mass is 9.93. The van der Waals surface area contributed by atoms with Crippen LogP contribution in [-0.2, 0) is 16.0 Å². The smallest absolute Gasteiger partial charge is 0.220 e. The van der Waals surface area contributed by atoms with Crippen LogP contribution in [0.15, 0.2) is 35.3 Å². The molecule has 1 aromatic carbocycles. The highest BCUT2D eigenvalue weighted by Gasteiger charge is 2.22. The molecular weight excluding hydrogens is 364 g/mol. The van der Waals surface area contributed by atoms with Crippen LogP contribution in [0.1, 0.15) is 44.6 Å². The monoisotopic (exact) mass is 402 g/mol. The summed E-state index contributed by atoms with van der Waals surface area (Å²) in [5.41, 5.74) is 1.33. The van der Waals surface area contributed by atoms with Crippen LogP contribution in [0.5, 0.6) is 0 Å². The second kappa shape index (κ2) is 14.0. The highest BCUT2D eigenvalue weighted by molar-refractivity contribution is 5.80. The van der Waals surface area contributed by atoms with Gasteiger partial charge in [-0.05, 0) is 50.5 Å². The molecule has 1 fully saturated rings. The lowest BCUT2D eigenvalue weighted by molar-refractivity contribution is -0.121. The molecule has 29 heavy (non-hydrogen) atoms. The Kier molecular flexibility index (Phi) is 11.2. The van der Waals surface area contributed by atoms with E-state index in [0.29, 0.717) is 12.3 Å². The molecule has 162 valence electrons. The van der Waals surface area contributed by atoms with Crippen LogP contribution in [0.25, 0.3) is 0 Å². The average Bonchev–Trinajstić information content (AvgIpc) is 2.76. The van der Waals surface area contributed by atoms with Crippen molar-refractivity contribution >= 4 is 11.9 Å². The summed E-state index contributed by atoms with van der Waals surface area (Å²) in [6, 6.07) is 10.5. The normalized spacial score (nSPS) is 15.4. The third kappa shape index (κ3) is 9.31. The van der Waals surface area contributed by atoms with Gasteiger partial charge in [0.2, 0.25) is 5.91 Å². The maximum absolute atomic E-state index is 11.6. The molecule has 0 aromatic heterocycles. The second-order valence-corrected chi connectivity index (χ2v) is 7.60. The van der Waals surface area contributed by atoms with Crippen LogP contribution in [0.3, 0.4) is 0 Å². The van der Waals surface area contributed by atoms with Crippen LogP contribution in [0.4, 0.5) is 0 Å². The molecule has 0 radical (unpaired) electrons. The van der Waals surface area contributed by atoms with Gasteiger partial charge in [-0.3, -0.25) is 9.79 Å². The van der Waals surface area contributed by atoms with E-state index in [1.165, 1.54) is 5.56 Å². The molecule has 6 heteroatoms. The predicted octanol–water partition coefficient (Wildman–Crippen LogP) is 2.84. The first-order chi connectivity index (χ1) is 14.2. The molecule has 1 aliphatic heterocycles. The number of likely N-dealkylation sites (tertiary alicyclic amines) is 1. The first-order valence-corrected chi connectivity index (χ1v) is 11.1. The number of unbranched alkanes of at least 4 members (excludes halogenated alkanes) is 1. The molecule has 1 saturated heterocycles. The lowest BCUT2D eigenvalue weighted by Crippen LogP contribution is -2.46. The minimum absolute atomic E-state index is 0.148. The number of guanidine groups is 1. The Morgan fingerprint density at radius 3 is 2.62 bits per heavy atom. The van der Waals surface area contributed by atoms with Gasteiger partial charge in [0.05, 0.1) is 6.61 Å². The molecule has 2 N–H and O–H groups in total. The van der Waals surface area contributed by atoms with Crippen molar-refractivity contribution in [2.75, 3.05) is 46.4 Å². The number of amides is 1. The molecule has 1 heterocycles. The Balaban J connectivity index is 1.60. The number of nitrogens with zero attached hydrogens (tertiary/aromatic N) is 2. The first kappa shape index (κ1) is 23.2. The van der Waals surface area contributed by atoms with Crippen LogP contribution >= 0.6 is 0 Å². The number of benzene rings is 1. The topological polar surface area (TPSA) is 66.0 Å². The molecule has 1 amide bonds. The summed E-state index contributed by atoms with van der Waals surface area (Å²) in [4.78, 5) is 18.7. The molecule has 1 aliphatic rings. The fourth-order valence-electron chi connectivity index (χ4n) is 3.58. The SMILES string of the molecule is CCNC(=NCCCCOCCc1ccccc1)N1CCC(CC(=O)NC)CC1. The highest BCUT2D eigenvalue weighted by Crippen LogP contribution is 2.20. The zero-order valence-corrected chi connectivity index (χ0v) is 18.2. The molecule has 0 spiro atoms. The van der Waals surface area contributed by atoms with E-state index in [1.807, 2.05) is 6.07 Å². The van der Waals surface area contributed by atoms with Crippen LogP contribution < -0.4 is 10.6 Å². The van der Waals surface area contributed by atoms with Gasteiger partial charge in [0.1, 0.15) is 0 Å². The van der Waals surface area contributed by atoms with E-state index >= 15 is 0 Å². The minimum Gasteiger partial charge on any atom is -0.381 e. The molecule has 0 aliphatic carbocycles. The maximum atomic E-state index is 11.6. The van der Waals surface area contributed by atoms with Crippen molar-refractivity contribution in [3.63, 3.8) is 0 Å². The number of ether oxygens (including phenoxy) is 1.